The largest absolute Gasteiger partial charge is 0.393 e. The number of amides is 1. The summed E-state index contributed by atoms with van der Waals surface area (Å²) in [6, 6.07) is 8.16. The fraction of sp³-hybridized carbons (Fsp3) is 0.588. The molecule has 1 aromatic rings. The fourth-order valence-corrected chi connectivity index (χ4v) is 3.55. The molecule has 21 heavy (non-hydrogen) atoms. The molecular formula is C17H24N2O2. The molecule has 1 saturated carbocycles. The lowest BCUT2D eigenvalue weighted by molar-refractivity contribution is -0.123. The number of carbonyl (C=O) groups is 1. The second kappa shape index (κ2) is 6.58. The number of rotatable bonds is 3. The maximum Gasteiger partial charge on any atom is 0.228 e. The monoisotopic (exact) mass is 288 g/mol. The Morgan fingerprint density at radius 3 is 3.05 bits per heavy atom. The van der Waals surface area contributed by atoms with Gasteiger partial charge in [0.25, 0.3) is 0 Å². The van der Waals surface area contributed by atoms with Gasteiger partial charge >= 0.3 is 0 Å². The van der Waals surface area contributed by atoms with E-state index in [1.54, 1.807) is 0 Å². The molecule has 3 unspecified atom stereocenters. The van der Waals surface area contributed by atoms with Crippen LogP contribution in [0.1, 0.15) is 42.7 Å². The lowest BCUT2D eigenvalue weighted by atomic mass is 9.86. The lowest BCUT2D eigenvalue weighted by Crippen LogP contribution is -2.41. The van der Waals surface area contributed by atoms with Crippen LogP contribution in [0.4, 0.5) is 0 Å². The molecule has 0 bridgehead atoms. The molecule has 4 nitrogen and oxygen atoms in total. The zero-order valence-electron chi connectivity index (χ0n) is 12.3. The minimum atomic E-state index is -0.183. The Morgan fingerprint density at radius 2 is 2.19 bits per heavy atom. The van der Waals surface area contributed by atoms with Crippen molar-refractivity contribution in [3.05, 3.63) is 35.4 Å². The maximum absolute atomic E-state index is 12.5. The van der Waals surface area contributed by atoms with Gasteiger partial charge in [0.05, 0.1) is 12.0 Å². The van der Waals surface area contributed by atoms with Gasteiger partial charge in [-0.3, -0.25) is 4.79 Å². The van der Waals surface area contributed by atoms with Crippen LogP contribution in [0.15, 0.2) is 24.3 Å². The topological polar surface area (TPSA) is 61.4 Å². The van der Waals surface area contributed by atoms with Gasteiger partial charge in [0.2, 0.25) is 5.91 Å². The molecular weight excluding hydrogens is 264 g/mol. The molecule has 1 amide bonds. The Balaban J connectivity index is 1.59. The van der Waals surface area contributed by atoms with Gasteiger partial charge in [-0.25, -0.2) is 0 Å². The van der Waals surface area contributed by atoms with E-state index in [2.05, 4.69) is 22.8 Å². The summed E-state index contributed by atoms with van der Waals surface area (Å²) in [5.74, 6) is 0.433. The van der Waals surface area contributed by atoms with Crippen molar-refractivity contribution in [2.24, 2.45) is 5.92 Å². The van der Waals surface area contributed by atoms with Gasteiger partial charge in [0, 0.05) is 19.6 Å². The zero-order chi connectivity index (χ0) is 14.7. The highest BCUT2D eigenvalue weighted by molar-refractivity contribution is 5.84. The van der Waals surface area contributed by atoms with Crippen LogP contribution in [0.25, 0.3) is 0 Å². The summed E-state index contributed by atoms with van der Waals surface area (Å²) in [6.45, 7) is 2.24. The van der Waals surface area contributed by atoms with Gasteiger partial charge < -0.3 is 15.7 Å². The minimum absolute atomic E-state index is 0.0940. The predicted molar refractivity (Wildman–Crippen MR) is 81.9 cm³/mol. The van der Waals surface area contributed by atoms with Gasteiger partial charge in [0.1, 0.15) is 0 Å². The highest BCUT2D eigenvalue weighted by Crippen LogP contribution is 2.26. The summed E-state index contributed by atoms with van der Waals surface area (Å²) in [6.07, 6.45) is 3.72. The smallest absolute Gasteiger partial charge is 0.228 e. The van der Waals surface area contributed by atoms with E-state index in [0.29, 0.717) is 19.0 Å². The molecule has 2 aliphatic rings. The average molecular weight is 288 g/mol. The molecule has 3 atom stereocenters. The molecule has 1 fully saturated rings. The third kappa shape index (κ3) is 3.44. The van der Waals surface area contributed by atoms with Crippen molar-refractivity contribution >= 4 is 5.91 Å². The molecule has 114 valence electrons. The molecule has 4 heteroatoms. The number of benzene rings is 1. The zero-order valence-corrected chi connectivity index (χ0v) is 12.3. The number of nitrogens with one attached hydrogen (secondary N) is 2. The number of aliphatic hydroxyl groups is 1. The lowest BCUT2D eigenvalue weighted by Gasteiger charge is -2.28. The van der Waals surface area contributed by atoms with Gasteiger partial charge in [-0.15, -0.1) is 0 Å². The van der Waals surface area contributed by atoms with Crippen LogP contribution in [-0.4, -0.2) is 30.2 Å². The first kappa shape index (κ1) is 14.5. The summed E-state index contributed by atoms with van der Waals surface area (Å²) in [7, 11) is 0. The Hall–Kier alpha value is -1.39. The van der Waals surface area contributed by atoms with Gasteiger partial charge in [-0.2, -0.15) is 0 Å². The second-order valence-electron chi connectivity index (χ2n) is 6.31. The van der Waals surface area contributed by atoms with Crippen LogP contribution in [0, 0.1) is 5.92 Å². The average Bonchev–Trinajstić information content (AvgIpc) is 2.52. The first-order valence-corrected chi connectivity index (χ1v) is 7.98. The van der Waals surface area contributed by atoms with E-state index in [1.165, 1.54) is 5.56 Å². The molecule has 3 rings (SSSR count). The third-order valence-corrected chi connectivity index (χ3v) is 4.73. The highest BCUT2D eigenvalue weighted by atomic mass is 16.3. The summed E-state index contributed by atoms with van der Waals surface area (Å²) < 4.78 is 0. The van der Waals surface area contributed by atoms with Crippen LogP contribution in [-0.2, 0) is 11.3 Å². The summed E-state index contributed by atoms with van der Waals surface area (Å²) >= 11 is 0. The highest BCUT2D eigenvalue weighted by Gasteiger charge is 2.27. The summed E-state index contributed by atoms with van der Waals surface area (Å²) in [5.41, 5.74) is 2.37. The SMILES string of the molecule is O=C(NCC1CCCC(O)C1)C1CNCc2ccccc21. The molecule has 1 aromatic carbocycles. The van der Waals surface area contributed by atoms with E-state index >= 15 is 0 Å². The van der Waals surface area contributed by atoms with Crippen LogP contribution in [0.5, 0.6) is 0 Å². The van der Waals surface area contributed by atoms with E-state index in [9.17, 15) is 9.90 Å². The minimum Gasteiger partial charge on any atom is -0.393 e. The Labute approximate surface area is 125 Å². The van der Waals surface area contributed by atoms with Crippen LogP contribution < -0.4 is 10.6 Å². The molecule has 1 aliphatic carbocycles. The van der Waals surface area contributed by atoms with Gasteiger partial charge in [-0.05, 0) is 36.3 Å². The Kier molecular flexibility index (Phi) is 4.56. The van der Waals surface area contributed by atoms with Crippen molar-refractivity contribution in [3.63, 3.8) is 0 Å². The molecule has 0 radical (unpaired) electrons. The number of fused-ring (bicyclic) bond motifs is 1. The van der Waals surface area contributed by atoms with Crippen molar-refractivity contribution < 1.29 is 9.90 Å². The molecule has 0 spiro atoms. The van der Waals surface area contributed by atoms with E-state index in [-0.39, 0.29) is 17.9 Å². The molecule has 0 saturated heterocycles. The van der Waals surface area contributed by atoms with Gasteiger partial charge in [0.15, 0.2) is 0 Å². The Morgan fingerprint density at radius 1 is 1.33 bits per heavy atom. The van der Waals surface area contributed by atoms with Crippen LogP contribution in [0.2, 0.25) is 0 Å². The summed E-state index contributed by atoms with van der Waals surface area (Å²) in [5, 5.41) is 16.1. The number of aliphatic hydroxyl groups excluding tert-OH is 1. The van der Waals surface area contributed by atoms with Crippen molar-refractivity contribution in [1.29, 1.82) is 0 Å². The number of carbonyl (C=O) groups excluding carboxylic acids is 1. The van der Waals surface area contributed by atoms with Crippen molar-refractivity contribution in [2.75, 3.05) is 13.1 Å². The standard InChI is InChI=1S/C17H24N2O2/c20-14-6-3-4-12(8-14)9-19-17(21)16-11-18-10-13-5-1-2-7-15(13)16/h1-2,5,7,12,14,16,18,20H,3-4,6,8-11H2,(H,19,21). The quantitative estimate of drug-likeness (QED) is 0.790. The second-order valence-corrected chi connectivity index (χ2v) is 6.31. The van der Waals surface area contributed by atoms with Crippen molar-refractivity contribution in [2.45, 2.75) is 44.2 Å². The third-order valence-electron chi connectivity index (χ3n) is 4.73. The molecule has 1 heterocycles. The number of hydrogen-bond acceptors (Lipinski definition) is 3. The van der Waals surface area contributed by atoms with E-state index < -0.39 is 0 Å². The van der Waals surface area contributed by atoms with Crippen LogP contribution >= 0.6 is 0 Å². The van der Waals surface area contributed by atoms with Crippen LogP contribution in [0.3, 0.4) is 0 Å². The van der Waals surface area contributed by atoms with E-state index in [4.69, 9.17) is 0 Å². The van der Waals surface area contributed by atoms with Crippen molar-refractivity contribution in [1.82, 2.24) is 10.6 Å². The normalized spacial score (nSPS) is 28.7. The molecule has 1 aliphatic heterocycles. The maximum atomic E-state index is 12.5. The molecule has 0 aromatic heterocycles. The van der Waals surface area contributed by atoms with Gasteiger partial charge in [-0.1, -0.05) is 30.7 Å². The first-order valence-electron chi connectivity index (χ1n) is 7.98. The molecule has 3 N–H and O–H groups in total. The van der Waals surface area contributed by atoms with E-state index in [0.717, 1.165) is 37.8 Å². The van der Waals surface area contributed by atoms with E-state index in [1.807, 2.05) is 12.1 Å². The predicted octanol–water partition coefficient (Wildman–Crippen LogP) is 1.54. The van der Waals surface area contributed by atoms with Crippen molar-refractivity contribution in [3.8, 4) is 0 Å². The Bertz CT molecular complexity index is 503. The summed E-state index contributed by atoms with van der Waals surface area (Å²) in [4.78, 5) is 12.5. The fourth-order valence-electron chi connectivity index (χ4n) is 3.55. The first-order chi connectivity index (χ1) is 10.2. The number of hydrogen-bond donors (Lipinski definition) is 3.